The highest BCUT2D eigenvalue weighted by Gasteiger charge is 2.37. The number of nitrogens with one attached hydrogen (secondary N) is 1. The third-order valence-electron chi connectivity index (χ3n) is 2.53. The summed E-state index contributed by atoms with van der Waals surface area (Å²) in [5, 5.41) is 11.5. The van der Waals surface area contributed by atoms with Crippen molar-refractivity contribution >= 4 is 12.1 Å². The molecule has 1 aromatic rings. The largest absolute Gasteiger partial charge is 0.479 e. The van der Waals surface area contributed by atoms with Crippen LogP contribution >= 0.6 is 0 Å². The molecule has 6 heteroatoms. The monoisotopic (exact) mass is 267 g/mol. The van der Waals surface area contributed by atoms with Gasteiger partial charge in [-0.3, -0.25) is 0 Å². The minimum absolute atomic E-state index is 0.0368. The molecule has 0 fully saturated rings. The summed E-state index contributed by atoms with van der Waals surface area (Å²) < 4.78 is 17.5. The maximum absolute atomic E-state index is 12.8. The van der Waals surface area contributed by atoms with Gasteiger partial charge in [0.2, 0.25) is 0 Å². The number of alkyl carbamates (subject to hydrolysis) is 1. The van der Waals surface area contributed by atoms with E-state index in [1.807, 2.05) is 0 Å². The van der Waals surface area contributed by atoms with Crippen LogP contribution < -0.4 is 5.32 Å². The van der Waals surface area contributed by atoms with E-state index in [1.54, 1.807) is 0 Å². The van der Waals surface area contributed by atoms with E-state index in [-0.39, 0.29) is 12.2 Å². The van der Waals surface area contributed by atoms with E-state index in [4.69, 9.17) is 0 Å². The quantitative estimate of drug-likeness (QED) is 0.800. The third-order valence-corrected chi connectivity index (χ3v) is 2.53. The lowest BCUT2D eigenvalue weighted by Gasteiger charge is -2.26. The standard InChI is InChI=1S/C13H14FNO4/c1-3-8-19-12(18)15-13(2,11(16)17)9-4-6-10(14)7-5-9/h3-7H,1,8H2,2H3,(H,15,18)(H,16,17). The van der Waals surface area contributed by atoms with Crippen LogP contribution in [-0.2, 0) is 15.1 Å². The lowest BCUT2D eigenvalue weighted by molar-refractivity contribution is -0.144. The number of carbonyl (C=O) groups excluding carboxylic acids is 1. The van der Waals surface area contributed by atoms with Crippen molar-refractivity contribution in [1.29, 1.82) is 0 Å². The number of hydrogen-bond donors (Lipinski definition) is 2. The topological polar surface area (TPSA) is 75.6 Å². The summed E-state index contributed by atoms with van der Waals surface area (Å²) in [6, 6.07) is 4.81. The minimum Gasteiger partial charge on any atom is -0.479 e. The molecule has 0 spiro atoms. The number of carbonyl (C=O) groups is 2. The first-order valence-corrected chi connectivity index (χ1v) is 5.45. The fourth-order valence-electron chi connectivity index (χ4n) is 1.41. The number of carboxylic acids is 1. The molecular weight excluding hydrogens is 253 g/mol. The minimum atomic E-state index is -1.70. The number of rotatable bonds is 5. The van der Waals surface area contributed by atoms with Crippen LogP contribution in [0.25, 0.3) is 0 Å². The Kier molecular flexibility index (Phi) is 4.63. The SMILES string of the molecule is C=CCOC(=O)NC(C)(C(=O)O)c1ccc(F)cc1. The predicted molar refractivity (Wildman–Crippen MR) is 66.1 cm³/mol. The molecule has 102 valence electrons. The van der Waals surface area contributed by atoms with Gasteiger partial charge in [-0.15, -0.1) is 0 Å². The molecular formula is C13H14FNO4. The van der Waals surface area contributed by atoms with E-state index in [0.29, 0.717) is 0 Å². The van der Waals surface area contributed by atoms with Crippen molar-refractivity contribution in [3.05, 3.63) is 48.3 Å². The Labute approximate surface area is 109 Å². The van der Waals surface area contributed by atoms with E-state index in [1.165, 1.54) is 25.1 Å². The van der Waals surface area contributed by atoms with Crippen LogP contribution in [0.15, 0.2) is 36.9 Å². The number of aliphatic carboxylic acids is 1. The van der Waals surface area contributed by atoms with Crippen LogP contribution in [-0.4, -0.2) is 23.8 Å². The van der Waals surface area contributed by atoms with Gasteiger partial charge >= 0.3 is 12.1 Å². The molecule has 19 heavy (non-hydrogen) atoms. The van der Waals surface area contributed by atoms with Gasteiger partial charge in [0, 0.05) is 0 Å². The van der Waals surface area contributed by atoms with Crippen molar-refractivity contribution in [2.45, 2.75) is 12.5 Å². The average molecular weight is 267 g/mol. The Morgan fingerprint density at radius 2 is 2.05 bits per heavy atom. The lowest BCUT2D eigenvalue weighted by atomic mass is 9.92. The Morgan fingerprint density at radius 1 is 1.47 bits per heavy atom. The highest BCUT2D eigenvalue weighted by atomic mass is 19.1. The van der Waals surface area contributed by atoms with E-state index in [9.17, 15) is 19.1 Å². The van der Waals surface area contributed by atoms with Gasteiger partial charge in [0.1, 0.15) is 12.4 Å². The van der Waals surface area contributed by atoms with Crippen LogP contribution in [0.4, 0.5) is 9.18 Å². The molecule has 0 aliphatic heterocycles. The van der Waals surface area contributed by atoms with E-state index in [0.717, 1.165) is 12.1 Å². The van der Waals surface area contributed by atoms with Gasteiger partial charge in [0.15, 0.2) is 5.54 Å². The highest BCUT2D eigenvalue weighted by Crippen LogP contribution is 2.21. The Bertz CT molecular complexity index is 486. The second-order valence-electron chi connectivity index (χ2n) is 3.95. The lowest BCUT2D eigenvalue weighted by Crippen LogP contribution is -2.49. The van der Waals surface area contributed by atoms with Gasteiger partial charge in [-0.1, -0.05) is 24.8 Å². The summed E-state index contributed by atoms with van der Waals surface area (Å²) in [6.45, 7) is 4.62. The zero-order valence-corrected chi connectivity index (χ0v) is 10.4. The number of ether oxygens (including phenoxy) is 1. The van der Waals surface area contributed by atoms with Crippen LogP contribution in [0.3, 0.4) is 0 Å². The molecule has 0 saturated carbocycles. The molecule has 1 rings (SSSR count). The zero-order chi connectivity index (χ0) is 14.5. The molecule has 1 atom stereocenters. The molecule has 5 nitrogen and oxygen atoms in total. The molecule has 0 aromatic heterocycles. The van der Waals surface area contributed by atoms with E-state index in [2.05, 4.69) is 16.6 Å². The Hall–Kier alpha value is -2.37. The van der Waals surface area contributed by atoms with Crippen molar-refractivity contribution in [3.8, 4) is 0 Å². The van der Waals surface area contributed by atoms with Gasteiger partial charge in [-0.2, -0.15) is 0 Å². The molecule has 0 heterocycles. The third kappa shape index (κ3) is 3.54. The van der Waals surface area contributed by atoms with Crippen molar-refractivity contribution in [3.63, 3.8) is 0 Å². The maximum atomic E-state index is 12.8. The predicted octanol–water partition coefficient (Wildman–Crippen LogP) is 2.04. The second kappa shape index (κ2) is 5.99. The number of hydrogen-bond acceptors (Lipinski definition) is 3. The molecule has 1 amide bonds. The number of carboxylic acid groups (broad SMARTS) is 1. The summed E-state index contributed by atoms with van der Waals surface area (Å²) in [5.41, 5.74) is -1.47. The fraction of sp³-hybridized carbons (Fsp3) is 0.231. The molecule has 0 aliphatic carbocycles. The molecule has 0 radical (unpaired) electrons. The fourth-order valence-corrected chi connectivity index (χ4v) is 1.41. The van der Waals surface area contributed by atoms with Gasteiger partial charge < -0.3 is 15.2 Å². The van der Waals surface area contributed by atoms with E-state index >= 15 is 0 Å². The molecule has 0 saturated heterocycles. The smallest absolute Gasteiger partial charge is 0.408 e. The molecule has 0 aliphatic rings. The maximum Gasteiger partial charge on any atom is 0.408 e. The first-order chi connectivity index (χ1) is 8.90. The number of halogens is 1. The van der Waals surface area contributed by atoms with Gasteiger partial charge in [0.05, 0.1) is 0 Å². The Morgan fingerprint density at radius 3 is 2.53 bits per heavy atom. The molecule has 1 unspecified atom stereocenters. The summed E-state index contributed by atoms with van der Waals surface area (Å²) >= 11 is 0. The van der Waals surface area contributed by atoms with E-state index < -0.39 is 23.4 Å². The number of amides is 1. The highest BCUT2D eigenvalue weighted by molar-refractivity contribution is 5.85. The van der Waals surface area contributed by atoms with Gasteiger partial charge in [-0.25, -0.2) is 14.0 Å². The summed E-state index contributed by atoms with van der Waals surface area (Å²) in [5.74, 6) is -1.78. The first-order valence-electron chi connectivity index (χ1n) is 5.45. The number of benzene rings is 1. The van der Waals surface area contributed by atoms with Crippen LogP contribution in [0, 0.1) is 5.82 Å². The summed E-state index contributed by atoms with van der Waals surface area (Å²) in [4.78, 5) is 22.8. The summed E-state index contributed by atoms with van der Waals surface area (Å²) in [6.07, 6.45) is 0.462. The van der Waals surface area contributed by atoms with Crippen LogP contribution in [0.2, 0.25) is 0 Å². The molecule has 2 N–H and O–H groups in total. The van der Waals surface area contributed by atoms with Gasteiger partial charge in [-0.05, 0) is 24.6 Å². The Balaban J connectivity index is 2.97. The van der Waals surface area contributed by atoms with Crippen molar-refractivity contribution in [1.82, 2.24) is 5.32 Å². The normalized spacial score (nSPS) is 13.2. The van der Waals surface area contributed by atoms with Gasteiger partial charge in [0.25, 0.3) is 0 Å². The average Bonchev–Trinajstić information content (AvgIpc) is 2.36. The van der Waals surface area contributed by atoms with Crippen LogP contribution in [0.5, 0.6) is 0 Å². The van der Waals surface area contributed by atoms with Crippen molar-refractivity contribution < 1.29 is 23.8 Å². The second-order valence-corrected chi connectivity index (χ2v) is 3.95. The van der Waals surface area contributed by atoms with Crippen molar-refractivity contribution in [2.24, 2.45) is 0 Å². The summed E-state index contributed by atoms with van der Waals surface area (Å²) in [7, 11) is 0. The van der Waals surface area contributed by atoms with Crippen LogP contribution in [0.1, 0.15) is 12.5 Å². The zero-order valence-electron chi connectivity index (χ0n) is 10.4. The molecule has 0 bridgehead atoms. The first kappa shape index (κ1) is 14.7. The van der Waals surface area contributed by atoms with Crippen molar-refractivity contribution in [2.75, 3.05) is 6.61 Å². The molecule has 1 aromatic carbocycles.